The molecule has 0 radical (unpaired) electrons. The van der Waals surface area contributed by atoms with Gasteiger partial charge in [0.05, 0.1) is 12.7 Å². The first-order valence-corrected chi connectivity index (χ1v) is 6.73. The van der Waals surface area contributed by atoms with Crippen LogP contribution in [0.5, 0.6) is 0 Å². The van der Waals surface area contributed by atoms with Crippen molar-refractivity contribution in [1.82, 2.24) is 19.5 Å². The maximum Gasteiger partial charge on any atom is 0.328 e. The highest BCUT2D eigenvalue weighted by Crippen LogP contribution is 2.22. The number of hydrogen-bond donors (Lipinski definition) is 1. The molecule has 0 spiro atoms. The summed E-state index contributed by atoms with van der Waals surface area (Å²) in [4.78, 5) is 22.5. The SMILES string of the molecule is O=c1[nH]c2cnc(Cl)nc2n1Cc1cc(Cl)ccc1Cl. The summed E-state index contributed by atoms with van der Waals surface area (Å²) in [5.74, 6) is 0. The standard InChI is InChI=1S/C12H7Cl3N4O/c13-7-1-2-8(14)6(3-7)5-19-10-9(17-12(19)20)4-16-11(15)18-10/h1-4H,5H2,(H,17,20). The number of nitrogens with one attached hydrogen (secondary N) is 1. The van der Waals surface area contributed by atoms with Crippen LogP contribution in [0, 0.1) is 0 Å². The number of fused-ring (bicyclic) bond motifs is 1. The highest BCUT2D eigenvalue weighted by Gasteiger charge is 2.11. The smallest absolute Gasteiger partial charge is 0.303 e. The zero-order chi connectivity index (χ0) is 14.3. The summed E-state index contributed by atoms with van der Waals surface area (Å²) in [5, 5.41) is 1.14. The van der Waals surface area contributed by atoms with E-state index in [1.807, 2.05) is 0 Å². The van der Waals surface area contributed by atoms with Gasteiger partial charge in [-0.1, -0.05) is 23.2 Å². The largest absolute Gasteiger partial charge is 0.328 e. The molecule has 0 aliphatic heterocycles. The number of hydrogen-bond acceptors (Lipinski definition) is 3. The third kappa shape index (κ3) is 2.40. The molecule has 0 saturated carbocycles. The summed E-state index contributed by atoms with van der Waals surface area (Å²) in [6.07, 6.45) is 1.46. The van der Waals surface area contributed by atoms with Gasteiger partial charge in [-0.15, -0.1) is 0 Å². The summed E-state index contributed by atoms with van der Waals surface area (Å²) in [6.45, 7) is 0.242. The zero-order valence-corrected chi connectivity index (χ0v) is 12.2. The average Bonchev–Trinajstić information content (AvgIpc) is 2.70. The Morgan fingerprint density at radius 2 is 2.05 bits per heavy atom. The van der Waals surface area contributed by atoms with Crippen LogP contribution in [-0.4, -0.2) is 19.5 Å². The van der Waals surface area contributed by atoms with Gasteiger partial charge in [0.2, 0.25) is 5.28 Å². The van der Waals surface area contributed by atoms with Crippen molar-refractivity contribution in [3.05, 3.63) is 55.8 Å². The van der Waals surface area contributed by atoms with Crippen LogP contribution in [0.25, 0.3) is 11.2 Å². The number of aromatic nitrogens is 4. The lowest BCUT2D eigenvalue weighted by Gasteiger charge is -2.06. The molecule has 102 valence electrons. The molecule has 0 aliphatic carbocycles. The topological polar surface area (TPSA) is 63.6 Å². The van der Waals surface area contributed by atoms with E-state index >= 15 is 0 Å². The maximum absolute atomic E-state index is 12.0. The summed E-state index contributed by atoms with van der Waals surface area (Å²) in [7, 11) is 0. The molecule has 1 aromatic carbocycles. The van der Waals surface area contributed by atoms with Crippen LogP contribution >= 0.6 is 34.8 Å². The van der Waals surface area contributed by atoms with E-state index in [0.717, 1.165) is 5.56 Å². The van der Waals surface area contributed by atoms with Gasteiger partial charge in [-0.25, -0.2) is 9.78 Å². The zero-order valence-electron chi connectivity index (χ0n) is 9.90. The lowest BCUT2D eigenvalue weighted by atomic mass is 10.2. The van der Waals surface area contributed by atoms with Gasteiger partial charge >= 0.3 is 5.69 Å². The highest BCUT2D eigenvalue weighted by molar-refractivity contribution is 6.33. The van der Waals surface area contributed by atoms with Crippen molar-refractivity contribution in [2.45, 2.75) is 6.54 Å². The Balaban J connectivity index is 2.15. The minimum atomic E-state index is -0.312. The molecule has 2 aromatic heterocycles. The molecule has 0 atom stereocenters. The minimum absolute atomic E-state index is 0.0717. The predicted molar refractivity (Wildman–Crippen MR) is 78.7 cm³/mol. The summed E-state index contributed by atoms with van der Waals surface area (Å²) in [6, 6.07) is 5.07. The van der Waals surface area contributed by atoms with Gasteiger partial charge in [-0.3, -0.25) is 4.57 Å². The molecule has 0 amide bonds. The van der Waals surface area contributed by atoms with E-state index < -0.39 is 0 Å². The molecule has 3 rings (SSSR count). The second-order valence-corrected chi connectivity index (χ2v) is 5.31. The number of benzene rings is 1. The third-order valence-corrected chi connectivity index (χ3v) is 3.60. The van der Waals surface area contributed by atoms with E-state index in [4.69, 9.17) is 34.8 Å². The molecular formula is C12H7Cl3N4O. The van der Waals surface area contributed by atoms with Gasteiger partial charge in [-0.05, 0) is 35.4 Å². The van der Waals surface area contributed by atoms with Crippen molar-refractivity contribution in [3.63, 3.8) is 0 Å². The van der Waals surface area contributed by atoms with Crippen LogP contribution in [0.15, 0.2) is 29.2 Å². The van der Waals surface area contributed by atoms with Gasteiger partial charge in [0, 0.05) is 10.0 Å². The van der Waals surface area contributed by atoms with E-state index in [0.29, 0.717) is 21.2 Å². The van der Waals surface area contributed by atoms with Gasteiger partial charge in [-0.2, -0.15) is 4.98 Å². The predicted octanol–water partition coefficient (Wildman–Crippen LogP) is 3.13. The van der Waals surface area contributed by atoms with Crippen LogP contribution in [-0.2, 0) is 6.54 Å². The number of rotatable bonds is 2. The first-order valence-electron chi connectivity index (χ1n) is 5.59. The van der Waals surface area contributed by atoms with Crippen molar-refractivity contribution in [2.24, 2.45) is 0 Å². The summed E-state index contributed by atoms with van der Waals surface area (Å²) in [5.41, 5.74) is 1.34. The van der Waals surface area contributed by atoms with Crippen LogP contribution in [0.2, 0.25) is 15.3 Å². The van der Waals surface area contributed by atoms with Crippen molar-refractivity contribution < 1.29 is 0 Å². The van der Waals surface area contributed by atoms with Gasteiger partial charge in [0.15, 0.2) is 5.65 Å². The quantitative estimate of drug-likeness (QED) is 0.735. The number of imidazole rings is 1. The van der Waals surface area contributed by atoms with Gasteiger partial charge in [0.1, 0.15) is 5.52 Å². The minimum Gasteiger partial charge on any atom is -0.303 e. The molecule has 8 heteroatoms. The molecular weight excluding hydrogens is 323 g/mol. The number of aromatic amines is 1. The molecule has 0 bridgehead atoms. The molecule has 0 fully saturated rings. The van der Waals surface area contributed by atoms with Crippen LogP contribution < -0.4 is 5.69 Å². The molecule has 1 N–H and O–H groups in total. The van der Waals surface area contributed by atoms with Gasteiger partial charge in [0.25, 0.3) is 0 Å². The summed E-state index contributed by atoms with van der Waals surface area (Å²) < 4.78 is 1.43. The normalized spacial score (nSPS) is 11.2. The second-order valence-electron chi connectivity index (χ2n) is 4.13. The van der Waals surface area contributed by atoms with E-state index in [1.54, 1.807) is 18.2 Å². The Bertz CT molecular complexity index is 856. The third-order valence-electron chi connectivity index (χ3n) is 2.82. The summed E-state index contributed by atoms with van der Waals surface area (Å²) >= 11 is 17.8. The van der Waals surface area contributed by atoms with E-state index in [9.17, 15) is 4.79 Å². The Labute approximate surface area is 128 Å². The molecule has 0 aliphatic rings. The molecule has 3 aromatic rings. The average molecular weight is 330 g/mol. The Morgan fingerprint density at radius 3 is 2.85 bits per heavy atom. The van der Waals surface area contributed by atoms with Crippen LogP contribution in [0.1, 0.15) is 5.56 Å². The van der Waals surface area contributed by atoms with Crippen LogP contribution in [0.3, 0.4) is 0 Å². The fourth-order valence-corrected chi connectivity index (χ4v) is 2.41. The van der Waals surface area contributed by atoms with Crippen molar-refractivity contribution in [3.8, 4) is 0 Å². The Morgan fingerprint density at radius 1 is 1.25 bits per heavy atom. The Hall–Kier alpha value is -1.56. The number of halogens is 3. The van der Waals surface area contributed by atoms with Crippen LogP contribution in [0.4, 0.5) is 0 Å². The molecule has 2 heterocycles. The monoisotopic (exact) mass is 328 g/mol. The van der Waals surface area contributed by atoms with E-state index in [-0.39, 0.29) is 17.5 Å². The molecule has 0 unspecified atom stereocenters. The second kappa shape index (κ2) is 5.09. The highest BCUT2D eigenvalue weighted by atomic mass is 35.5. The van der Waals surface area contributed by atoms with E-state index in [1.165, 1.54) is 10.8 Å². The van der Waals surface area contributed by atoms with Crippen molar-refractivity contribution in [2.75, 3.05) is 0 Å². The van der Waals surface area contributed by atoms with Gasteiger partial charge < -0.3 is 4.98 Å². The number of nitrogens with zero attached hydrogens (tertiary/aromatic N) is 3. The fourth-order valence-electron chi connectivity index (χ4n) is 1.91. The Kier molecular flexibility index (Phi) is 3.41. The maximum atomic E-state index is 12.0. The van der Waals surface area contributed by atoms with Crippen molar-refractivity contribution in [1.29, 1.82) is 0 Å². The van der Waals surface area contributed by atoms with Crippen molar-refractivity contribution >= 4 is 46.0 Å². The van der Waals surface area contributed by atoms with E-state index in [2.05, 4.69) is 15.0 Å². The molecule has 20 heavy (non-hydrogen) atoms. The fraction of sp³-hybridized carbons (Fsp3) is 0.0833. The number of H-pyrrole nitrogens is 1. The molecule has 0 saturated heterocycles. The molecule has 5 nitrogen and oxygen atoms in total. The lowest BCUT2D eigenvalue weighted by Crippen LogP contribution is -2.18. The first kappa shape index (κ1) is 13.4. The lowest BCUT2D eigenvalue weighted by molar-refractivity contribution is 0.777. The first-order chi connectivity index (χ1) is 9.54.